The lowest BCUT2D eigenvalue weighted by molar-refractivity contribution is -0.122. The zero-order chi connectivity index (χ0) is 14.5. The van der Waals surface area contributed by atoms with Crippen molar-refractivity contribution in [3.05, 3.63) is 20.7 Å². The molecule has 0 unspecified atom stereocenters. The minimum atomic E-state index is -0.00115. The smallest absolute Gasteiger partial charge is 0.307 e. The summed E-state index contributed by atoms with van der Waals surface area (Å²) in [6.07, 6.45) is 4.18. The second kappa shape index (κ2) is 7.04. The van der Waals surface area contributed by atoms with Crippen LogP contribution in [0.2, 0.25) is 0 Å². The Bertz CT molecular complexity index is 501. The van der Waals surface area contributed by atoms with Gasteiger partial charge < -0.3 is 15.0 Å². The number of hydrogen-bond donors (Lipinski definition) is 2. The maximum Gasteiger partial charge on any atom is 0.307 e. The number of thiazole rings is 1. The molecule has 0 radical (unpaired) electrons. The maximum absolute atomic E-state index is 11.9. The summed E-state index contributed by atoms with van der Waals surface area (Å²) in [5.74, 6) is 0.408. The first-order valence-corrected chi connectivity index (χ1v) is 8.03. The third kappa shape index (κ3) is 3.93. The van der Waals surface area contributed by atoms with Crippen molar-refractivity contribution in [1.29, 1.82) is 0 Å². The van der Waals surface area contributed by atoms with Crippen LogP contribution in [0.25, 0.3) is 0 Å². The monoisotopic (exact) mass is 298 g/mol. The maximum atomic E-state index is 11.9. The summed E-state index contributed by atoms with van der Waals surface area (Å²) in [4.78, 5) is 23.4. The Balaban J connectivity index is 1.75. The molecule has 20 heavy (non-hydrogen) atoms. The van der Waals surface area contributed by atoms with E-state index in [-0.39, 0.29) is 23.4 Å². The van der Waals surface area contributed by atoms with Gasteiger partial charge in [0.2, 0.25) is 5.91 Å². The quantitative estimate of drug-likeness (QED) is 0.860. The van der Waals surface area contributed by atoms with E-state index in [1.165, 1.54) is 11.3 Å². The largest absolute Gasteiger partial charge is 0.396 e. The first-order chi connectivity index (χ1) is 9.60. The summed E-state index contributed by atoms with van der Waals surface area (Å²) in [5, 5.41) is 13.9. The zero-order valence-corrected chi connectivity index (χ0v) is 12.6. The van der Waals surface area contributed by atoms with Crippen LogP contribution < -0.4 is 10.2 Å². The van der Waals surface area contributed by atoms with Crippen LogP contribution in [0, 0.1) is 12.8 Å². The van der Waals surface area contributed by atoms with E-state index in [4.69, 9.17) is 5.11 Å². The number of aliphatic hydroxyl groups is 1. The van der Waals surface area contributed by atoms with Gasteiger partial charge in [-0.3, -0.25) is 9.59 Å². The van der Waals surface area contributed by atoms with Gasteiger partial charge in [-0.25, -0.2) is 0 Å². The van der Waals surface area contributed by atoms with Gasteiger partial charge in [-0.15, -0.1) is 0 Å². The highest BCUT2D eigenvalue weighted by molar-refractivity contribution is 7.07. The summed E-state index contributed by atoms with van der Waals surface area (Å²) in [5.41, 5.74) is 0.913. The molecule has 0 bridgehead atoms. The molecule has 0 aliphatic heterocycles. The third-order valence-electron chi connectivity index (χ3n) is 4.01. The molecule has 1 saturated carbocycles. The van der Waals surface area contributed by atoms with Crippen molar-refractivity contribution in [3.63, 3.8) is 0 Å². The Hall–Kier alpha value is -1.14. The molecule has 2 rings (SSSR count). The molecule has 2 N–H and O–H groups in total. The van der Waals surface area contributed by atoms with Crippen LogP contribution in [0.4, 0.5) is 0 Å². The van der Waals surface area contributed by atoms with E-state index in [0.29, 0.717) is 18.9 Å². The fourth-order valence-electron chi connectivity index (χ4n) is 2.68. The summed E-state index contributed by atoms with van der Waals surface area (Å²) < 4.78 is 1.65. The average Bonchev–Trinajstić information content (AvgIpc) is 2.77. The Morgan fingerprint density at radius 1 is 1.45 bits per heavy atom. The Labute approximate surface area is 122 Å². The SMILES string of the molecule is Cc1csc(=O)n1CCC(=O)NC1CCC(CO)CC1. The molecule has 0 atom stereocenters. The second-order valence-corrected chi connectivity index (χ2v) is 6.33. The highest BCUT2D eigenvalue weighted by Crippen LogP contribution is 2.23. The molecular weight excluding hydrogens is 276 g/mol. The van der Waals surface area contributed by atoms with Gasteiger partial charge in [-0.1, -0.05) is 11.3 Å². The highest BCUT2D eigenvalue weighted by atomic mass is 32.1. The third-order valence-corrected chi connectivity index (χ3v) is 4.89. The van der Waals surface area contributed by atoms with Gasteiger partial charge >= 0.3 is 4.87 Å². The predicted molar refractivity (Wildman–Crippen MR) is 78.9 cm³/mol. The van der Waals surface area contributed by atoms with E-state index in [1.54, 1.807) is 4.57 Å². The zero-order valence-electron chi connectivity index (χ0n) is 11.8. The average molecular weight is 298 g/mol. The van der Waals surface area contributed by atoms with Gasteiger partial charge in [0.15, 0.2) is 0 Å². The van der Waals surface area contributed by atoms with Crippen molar-refractivity contribution in [2.45, 2.75) is 51.6 Å². The molecule has 6 heteroatoms. The van der Waals surface area contributed by atoms with Gasteiger partial charge in [0.05, 0.1) is 0 Å². The first-order valence-electron chi connectivity index (χ1n) is 7.15. The van der Waals surface area contributed by atoms with Gasteiger partial charge in [0, 0.05) is 36.7 Å². The number of amides is 1. The first kappa shape index (κ1) is 15.3. The number of carbonyl (C=O) groups is 1. The highest BCUT2D eigenvalue weighted by Gasteiger charge is 2.21. The van der Waals surface area contributed by atoms with Crippen LogP contribution in [-0.4, -0.2) is 28.2 Å². The second-order valence-electron chi connectivity index (χ2n) is 5.51. The Kier molecular flexibility index (Phi) is 5.37. The lowest BCUT2D eigenvalue weighted by Gasteiger charge is -2.28. The number of nitrogens with zero attached hydrogens (tertiary/aromatic N) is 1. The molecule has 112 valence electrons. The van der Waals surface area contributed by atoms with E-state index < -0.39 is 0 Å². The van der Waals surface area contributed by atoms with E-state index in [0.717, 1.165) is 31.4 Å². The van der Waals surface area contributed by atoms with E-state index in [1.807, 2.05) is 12.3 Å². The minimum Gasteiger partial charge on any atom is -0.396 e. The van der Waals surface area contributed by atoms with Crippen molar-refractivity contribution in [2.75, 3.05) is 6.61 Å². The Morgan fingerprint density at radius 2 is 2.15 bits per heavy atom. The molecule has 1 aliphatic carbocycles. The van der Waals surface area contributed by atoms with Crippen molar-refractivity contribution in [3.8, 4) is 0 Å². The lowest BCUT2D eigenvalue weighted by atomic mass is 9.86. The minimum absolute atomic E-state index is 0.00115. The van der Waals surface area contributed by atoms with Crippen LogP contribution in [0.5, 0.6) is 0 Å². The lowest BCUT2D eigenvalue weighted by Crippen LogP contribution is -2.38. The number of aryl methyl sites for hydroxylation is 1. The summed E-state index contributed by atoms with van der Waals surface area (Å²) in [6, 6.07) is 0.227. The molecule has 1 amide bonds. The normalized spacial score (nSPS) is 22.7. The fraction of sp³-hybridized carbons (Fsp3) is 0.714. The topological polar surface area (TPSA) is 71.3 Å². The molecule has 1 aromatic heterocycles. The summed E-state index contributed by atoms with van der Waals surface area (Å²) in [7, 11) is 0. The fourth-order valence-corrected chi connectivity index (χ4v) is 3.44. The molecular formula is C14H22N2O3S. The van der Waals surface area contributed by atoms with Gasteiger partial charge in [-0.05, 0) is 38.5 Å². The van der Waals surface area contributed by atoms with Crippen molar-refractivity contribution < 1.29 is 9.90 Å². The van der Waals surface area contributed by atoms with Gasteiger partial charge in [0.25, 0.3) is 0 Å². The number of aromatic nitrogens is 1. The predicted octanol–water partition coefficient (Wildman–Crippen LogP) is 1.28. The molecule has 0 saturated heterocycles. The van der Waals surface area contributed by atoms with E-state index in [9.17, 15) is 9.59 Å². The van der Waals surface area contributed by atoms with Crippen LogP contribution in [0.15, 0.2) is 10.2 Å². The number of aliphatic hydroxyl groups excluding tert-OH is 1. The number of rotatable bonds is 5. The summed E-state index contributed by atoms with van der Waals surface area (Å²) in [6.45, 7) is 2.58. The number of hydrogen-bond acceptors (Lipinski definition) is 4. The van der Waals surface area contributed by atoms with Crippen LogP contribution in [-0.2, 0) is 11.3 Å². The molecule has 1 aromatic rings. The molecule has 0 aromatic carbocycles. The van der Waals surface area contributed by atoms with Crippen molar-refractivity contribution in [1.82, 2.24) is 9.88 Å². The van der Waals surface area contributed by atoms with Crippen LogP contribution >= 0.6 is 11.3 Å². The van der Waals surface area contributed by atoms with Crippen molar-refractivity contribution in [2.24, 2.45) is 5.92 Å². The molecule has 0 spiro atoms. The van der Waals surface area contributed by atoms with Crippen molar-refractivity contribution >= 4 is 17.2 Å². The summed E-state index contributed by atoms with van der Waals surface area (Å²) >= 11 is 1.17. The van der Waals surface area contributed by atoms with Crippen LogP contribution in [0.3, 0.4) is 0 Å². The Morgan fingerprint density at radius 3 is 2.70 bits per heavy atom. The standard InChI is InChI=1S/C14H22N2O3S/c1-10-9-20-14(19)16(10)7-6-13(18)15-12-4-2-11(8-17)3-5-12/h9,11-12,17H,2-8H2,1H3,(H,15,18). The molecule has 5 nitrogen and oxygen atoms in total. The van der Waals surface area contributed by atoms with Gasteiger partial charge in [-0.2, -0.15) is 0 Å². The number of nitrogens with one attached hydrogen (secondary N) is 1. The molecule has 1 aliphatic rings. The van der Waals surface area contributed by atoms with E-state index in [2.05, 4.69) is 5.32 Å². The molecule has 1 heterocycles. The molecule has 1 fully saturated rings. The van der Waals surface area contributed by atoms with E-state index >= 15 is 0 Å². The number of carbonyl (C=O) groups excluding carboxylic acids is 1. The van der Waals surface area contributed by atoms with Gasteiger partial charge in [0.1, 0.15) is 0 Å². The van der Waals surface area contributed by atoms with Crippen LogP contribution in [0.1, 0.15) is 37.8 Å².